The second-order valence-corrected chi connectivity index (χ2v) is 8.32. The van der Waals surface area contributed by atoms with Crippen LogP contribution in [0.5, 0.6) is 0 Å². The van der Waals surface area contributed by atoms with E-state index in [-0.39, 0.29) is 10.5 Å². The second-order valence-electron chi connectivity index (χ2n) is 5.72. The molecule has 0 spiro atoms. The van der Waals surface area contributed by atoms with Crippen molar-refractivity contribution >= 4 is 42.8 Å². The summed E-state index contributed by atoms with van der Waals surface area (Å²) in [6.07, 6.45) is 0. The first-order valence-corrected chi connectivity index (χ1v) is 9.74. The maximum Gasteiger partial charge on any atom is 0.265 e. The zero-order chi connectivity index (χ0) is 18.2. The molecule has 25 heavy (non-hydrogen) atoms. The van der Waals surface area contributed by atoms with Crippen molar-refractivity contribution in [1.82, 2.24) is 9.71 Å². The molecule has 0 saturated heterocycles. The summed E-state index contributed by atoms with van der Waals surface area (Å²) >= 11 is 3.37. The van der Waals surface area contributed by atoms with Crippen molar-refractivity contribution in [2.45, 2.75) is 18.7 Å². The Kier molecular flexibility index (Phi) is 4.62. The monoisotopic (exact) mass is 418 g/mol. The minimum Gasteiger partial charge on any atom is -0.268 e. The lowest BCUT2D eigenvalue weighted by Crippen LogP contribution is -2.31. The van der Waals surface area contributed by atoms with E-state index < -0.39 is 15.9 Å². The maximum absolute atomic E-state index is 12.6. The van der Waals surface area contributed by atoms with Crippen molar-refractivity contribution in [3.8, 4) is 0 Å². The van der Waals surface area contributed by atoms with Crippen LogP contribution < -0.4 is 4.72 Å². The van der Waals surface area contributed by atoms with Gasteiger partial charge in [-0.05, 0) is 49.7 Å². The molecule has 2 aromatic carbocycles. The van der Waals surface area contributed by atoms with E-state index in [0.29, 0.717) is 16.6 Å². The topological polar surface area (TPSA) is 76.1 Å². The number of aromatic nitrogens is 1. The van der Waals surface area contributed by atoms with E-state index in [1.54, 1.807) is 50.2 Å². The average molecular weight is 419 g/mol. The first kappa shape index (κ1) is 17.6. The summed E-state index contributed by atoms with van der Waals surface area (Å²) in [5.41, 5.74) is 2.31. The highest BCUT2D eigenvalue weighted by Crippen LogP contribution is 2.23. The molecular formula is C18H15BrN2O3S. The Labute approximate surface area is 154 Å². The van der Waals surface area contributed by atoms with Crippen LogP contribution in [-0.2, 0) is 10.0 Å². The molecule has 0 bridgehead atoms. The number of hydrogen-bond donors (Lipinski definition) is 1. The summed E-state index contributed by atoms with van der Waals surface area (Å²) in [4.78, 5) is 17.1. The molecule has 5 nitrogen and oxygen atoms in total. The Morgan fingerprint density at radius 1 is 1.08 bits per heavy atom. The Morgan fingerprint density at radius 3 is 2.56 bits per heavy atom. The number of nitrogens with one attached hydrogen (secondary N) is 1. The summed E-state index contributed by atoms with van der Waals surface area (Å²) in [7, 11) is -3.95. The molecule has 1 heterocycles. The van der Waals surface area contributed by atoms with E-state index in [9.17, 15) is 13.2 Å². The van der Waals surface area contributed by atoms with Gasteiger partial charge in [0.25, 0.3) is 15.9 Å². The summed E-state index contributed by atoms with van der Waals surface area (Å²) < 4.78 is 28.0. The maximum atomic E-state index is 12.6. The normalized spacial score (nSPS) is 11.5. The minimum absolute atomic E-state index is 0.0543. The van der Waals surface area contributed by atoms with Crippen molar-refractivity contribution in [2.24, 2.45) is 0 Å². The Morgan fingerprint density at radius 2 is 1.84 bits per heavy atom. The fourth-order valence-corrected chi connectivity index (χ4v) is 3.96. The lowest BCUT2D eigenvalue weighted by Gasteiger charge is -2.10. The molecule has 0 fully saturated rings. The fourth-order valence-electron chi connectivity index (χ4n) is 2.54. The van der Waals surface area contributed by atoms with E-state index in [1.165, 1.54) is 12.1 Å². The van der Waals surface area contributed by atoms with Crippen LogP contribution in [0.3, 0.4) is 0 Å². The summed E-state index contributed by atoms with van der Waals surface area (Å²) in [6.45, 7) is 3.55. The van der Waals surface area contributed by atoms with Gasteiger partial charge in [0.05, 0.1) is 16.0 Å². The zero-order valence-electron chi connectivity index (χ0n) is 13.6. The van der Waals surface area contributed by atoms with Crippen LogP contribution in [0.15, 0.2) is 57.9 Å². The van der Waals surface area contributed by atoms with Gasteiger partial charge in [-0.25, -0.2) is 13.1 Å². The third-order valence-corrected chi connectivity index (χ3v) is 5.49. The van der Waals surface area contributed by atoms with Crippen molar-refractivity contribution < 1.29 is 13.2 Å². The van der Waals surface area contributed by atoms with Gasteiger partial charge in [-0.2, -0.15) is 0 Å². The number of pyridine rings is 1. The van der Waals surface area contributed by atoms with Gasteiger partial charge in [-0.3, -0.25) is 9.78 Å². The van der Waals surface area contributed by atoms with Gasteiger partial charge in [0, 0.05) is 15.6 Å². The molecule has 7 heteroatoms. The van der Waals surface area contributed by atoms with Gasteiger partial charge in [-0.15, -0.1) is 0 Å². The molecular weight excluding hydrogens is 404 g/mol. The number of sulfonamides is 1. The van der Waals surface area contributed by atoms with E-state index in [1.807, 2.05) is 0 Å². The molecule has 0 aliphatic carbocycles. The molecule has 0 atom stereocenters. The number of carbonyl (C=O) groups is 1. The molecule has 0 aliphatic rings. The molecule has 0 saturated carbocycles. The quantitative estimate of drug-likeness (QED) is 0.702. The SMILES string of the molecule is Cc1cccc(S(=O)(=O)NC(=O)c2cc(C)nc3cc(Br)ccc23)c1. The van der Waals surface area contributed by atoms with Gasteiger partial charge >= 0.3 is 0 Å². The highest BCUT2D eigenvalue weighted by molar-refractivity contribution is 9.10. The fraction of sp³-hybridized carbons (Fsp3) is 0.111. The van der Waals surface area contributed by atoms with E-state index in [0.717, 1.165) is 10.0 Å². The molecule has 0 radical (unpaired) electrons. The smallest absolute Gasteiger partial charge is 0.265 e. The standard InChI is InChI=1S/C18H15BrN2O3S/c1-11-4-3-5-14(8-11)25(23,24)21-18(22)16-9-12(2)20-17-10-13(19)6-7-15(16)17/h3-10H,1-2H3,(H,21,22). The first-order valence-electron chi connectivity index (χ1n) is 7.47. The van der Waals surface area contributed by atoms with Gasteiger partial charge in [-0.1, -0.05) is 34.1 Å². The zero-order valence-corrected chi connectivity index (χ0v) is 16.0. The number of benzene rings is 2. The molecule has 1 N–H and O–H groups in total. The van der Waals surface area contributed by atoms with Gasteiger partial charge in [0.2, 0.25) is 0 Å². The van der Waals surface area contributed by atoms with E-state index >= 15 is 0 Å². The van der Waals surface area contributed by atoms with Crippen molar-refractivity contribution in [1.29, 1.82) is 0 Å². The number of carbonyl (C=O) groups excluding carboxylic acids is 1. The minimum atomic E-state index is -3.95. The molecule has 0 aliphatic heterocycles. The Hall–Kier alpha value is -2.25. The second kappa shape index (κ2) is 6.57. The molecule has 1 amide bonds. The average Bonchev–Trinajstić information content (AvgIpc) is 2.53. The molecule has 0 unspecified atom stereocenters. The van der Waals surface area contributed by atoms with Crippen molar-refractivity contribution in [3.05, 3.63) is 69.8 Å². The third-order valence-electron chi connectivity index (χ3n) is 3.67. The highest BCUT2D eigenvalue weighted by atomic mass is 79.9. The molecule has 128 valence electrons. The Bertz CT molecular complexity index is 1090. The molecule has 1 aromatic heterocycles. The highest BCUT2D eigenvalue weighted by Gasteiger charge is 2.21. The number of hydrogen-bond acceptors (Lipinski definition) is 4. The predicted octanol–water partition coefficient (Wildman–Crippen LogP) is 3.73. The number of halogens is 1. The van der Waals surface area contributed by atoms with Crippen molar-refractivity contribution in [3.63, 3.8) is 0 Å². The predicted molar refractivity (Wildman–Crippen MR) is 100 cm³/mol. The van der Waals surface area contributed by atoms with Crippen molar-refractivity contribution in [2.75, 3.05) is 0 Å². The summed E-state index contributed by atoms with van der Waals surface area (Å²) in [5, 5.41) is 0.589. The lowest BCUT2D eigenvalue weighted by molar-refractivity contribution is 0.0983. The van der Waals surface area contributed by atoms with Crippen LogP contribution in [-0.4, -0.2) is 19.3 Å². The lowest BCUT2D eigenvalue weighted by atomic mass is 10.1. The third kappa shape index (κ3) is 3.72. The van der Waals surface area contributed by atoms with Gasteiger partial charge < -0.3 is 0 Å². The van der Waals surface area contributed by atoms with Crippen LogP contribution in [0.1, 0.15) is 21.6 Å². The van der Waals surface area contributed by atoms with Gasteiger partial charge in [0.1, 0.15) is 0 Å². The van der Waals surface area contributed by atoms with Gasteiger partial charge in [0.15, 0.2) is 0 Å². The number of aryl methyl sites for hydroxylation is 2. The number of fused-ring (bicyclic) bond motifs is 1. The Balaban J connectivity index is 2.03. The molecule has 3 rings (SSSR count). The van der Waals surface area contributed by atoms with Crippen LogP contribution in [0.4, 0.5) is 0 Å². The number of nitrogens with zero attached hydrogens (tertiary/aromatic N) is 1. The number of amides is 1. The first-order chi connectivity index (χ1) is 11.8. The van der Waals surface area contributed by atoms with Crippen LogP contribution in [0.2, 0.25) is 0 Å². The number of rotatable bonds is 3. The largest absolute Gasteiger partial charge is 0.268 e. The van der Waals surface area contributed by atoms with Crippen LogP contribution in [0, 0.1) is 13.8 Å². The summed E-state index contributed by atoms with van der Waals surface area (Å²) in [5.74, 6) is -0.681. The summed E-state index contributed by atoms with van der Waals surface area (Å²) in [6, 6.07) is 13.3. The molecule has 3 aromatic rings. The van der Waals surface area contributed by atoms with Crippen LogP contribution >= 0.6 is 15.9 Å². The van der Waals surface area contributed by atoms with Crippen LogP contribution in [0.25, 0.3) is 10.9 Å². The van der Waals surface area contributed by atoms with E-state index in [2.05, 4.69) is 25.6 Å². The van der Waals surface area contributed by atoms with E-state index in [4.69, 9.17) is 0 Å².